The predicted octanol–water partition coefficient (Wildman–Crippen LogP) is 0.370. The summed E-state index contributed by atoms with van der Waals surface area (Å²) in [7, 11) is 0. The zero-order valence-corrected chi connectivity index (χ0v) is 18.8. The Morgan fingerprint density at radius 1 is 1.24 bits per heavy atom. The first-order valence-electron chi connectivity index (χ1n) is 11.1. The minimum atomic E-state index is -1.05. The minimum Gasteiger partial charge on any atom is -0.480 e. The van der Waals surface area contributed by atoms with E-state index in [0.29, 0.717) is 25.8 Å². The van der Waals surface area contributed by atoms with Gasteiger partial charge >= 0.3 is 5.97 Å². The van der Waals surface area contributed by atoms with E-state index in [1.165, 1.54) is 4.90 Å². The first-order chi connectivity index (χ1) is 15.7. The molecule has 1 aliphatic heterocycles. The third kappa shape index (κ3) is 5.70. The number of aliphatic carboxylic acids is 1. The van der Waals surface area contributed by atoms with Gasteiger partial charge in [-0.2, -0.15) is 0 Å². The van der Waals surface area contributed by atoms with Gasteiger partial charge in [0.05, 0.1) is 12.6 Å². The Hall–Kier alpha value is -3.40. The van der Waals surface area contributed by atoms with E-state index < -0.39 is 41.8 Å². The molecular weight excluding hydrogens is 426 g/mol. The van der Waals surface area contributed by atoms with Gasteiger partial charge < -0.3 is 31.4 Å². The van der Waals surface area contributed by atoms with E-state index in [0.717, 1.165) is 16.5 Å². The Labute approximate surface area is 191 Å². The molecule has 10 nitrogen and oxygen atoms in total. The predicted molar refractivity (Wildman–Crippen MR) is 122 cm³/mol. The molecule has 0 radical (unpaired) electrons. The zero-order chi connectivity index (χ0) is 24.1. The molecule has 3 unspecified atom stereocenters. The number of hydrogen-bond donors (Lipinski definition) is 5. The summed E-state index contributed by atoms with van der Waals surface area (Å²) in [5.41, 5.74) is 7.89. The highest BCUT2D eigenvalue weighted by Gasteiger charge is 2.38. The third-order valence-electron chi connectivity index (χ3n) is 5.94. The van der Waals surface area contributed by atoms with Gasteiger partial charge in [0.1, 0.15) is 12.1 Å². The number of para-hydroxylation sites is 1. The van der Waals surface area contributed by atoms with Crippen molar-refractivity contribution in [1.82, 2.24) is 20.5 Å². The lowest BCUT2D eigenvalue weighted by molar-refractivity contribution is -0.150. The minimum absolute atomic E-state index is 0.253. The quantitative estimate of drug-likeness (QED) is 0.366. The van der Waals surface area contributed by atoms with Crippen LogP contribution in [0.25, 0.3) is 10.9 Å². The lowest BCUT2D eigenvalue weighted by Gasteiger charge is -2.29. The van der Waals surface area contributed by atoms with Crippen molar-refractivity contribution in [3.63, 3.8) is 0 Å². The van der Waals surface area contributed by atoms with Crippen molar-refractivity contribution in [2.75, 3.05) is 13.1 Å². The normalized spacial score (nSPS) is 17.7. The summed E-state index contributed by atoms with van der Waals surface area (Å²) >= 11 is 0. The van der Waals surface area contributed by atoms with Gasteiger partial charge in [-0.25, -0.2) is 4.79 Å². The van der Waals surface area contributed by atoms with Crippen LogP contribution in [0.5, 0.6) is 0 Å². The fourth-order valence-corrected chi connectivity index (χ4v) is 4.13. The maximum atomic E-state index is 12.9. The number of rotatable bonds is 9. The summed E-state index contributed by atoms with van der Waals surface area (Å²) in [6, 6.07) is 5.09. The number of amides is 3. The Morgan fingerprint density at radius 2 is 1.97 bits per heavy atom. The Bertz CT molecular complexity index is 1030. The van der Waals surface area contributed by atoms with Crippen LogP contribution in [0.3, 0.4) is 0 Å². The van der Waals surface area contributed by atoms with E-state index in [4.69, 9.17) is 5.73 Å². The average molecular weight is 458 g/mol. The highest BCUT2D eigenvalue weighted by molar-refractivity contribution is 5.93. The topological polar surface area (TPSA) is 158 Å². The Morgan fingerprint density at radius 3 is 2.67 bits per heavy atom. The molecule has 1 fully saturated rings. The van der Waals surface area contributed by atoms with Crippen LogP contribution in [0.1, 0.15) is 32.3 Å². The summed E-state index contributed by atoms with van der Waals surface area (Å²) in [6.07, 6.45) is 3.11. The van der Waals surface area contributed by atoms with Crippen LogP contribution >= 0.6 is 0 Å². The first-order valence-corrected chi connectivity index (χ1v) is 11.1. The van der Waals surface area contributed by atoms with Crippen LogP contribution in [0.2, 0.25) is 0 Å². The maximum Gasteiger partial charge on any atom is 0.326 e. The van der Waals surface area contributed by atoms with Gasteiger partial charge in [0.15, 0.2) is 0 Å². The lowest BCUT2D eigenvalue weighted by atomic mass is 10.0. The molecule has 1 aromatic carbocycles. The molecule has 178 valence electrons. The van der Waals surface area contributed by atoms with Crippen LogP contribution in [-0.4, -0.2) is 69.9 Å². The van der Waals surface area contributed by atoms with Crippen molar-refractivity contribution in [2.24, 2.45) is 11.7 Å². The Kier molecular flexibility index (Phi) is 7.70. The van der Waals surface area contributed by atoms with Crippen molar-refractivity contribution >= 4 is 34.6 Å². The van der Waals surface area contributed by atoms with Crippen molar-refractivity contribution in [2.45, 2.75) is 51.2 Å². The number of fused-ring (bicyclic) bond motifs is 1. The van der Waals surface area contributed by atoms with Crippen LogP contribution < -0.4 is 16.4 Å². The van der Waals surface area contributed by atoms with Gasteiger partial charge in [0.25, 0.3) is 0 Å². The van der Waals surface area contributed by atoms with Crippen molar-refractivity contribution in [1.29, 1.82) is 0 Å². The number of aromatic amines is 1. The molecule has 2 aromatic rings. The van der Waals surface area contributed by atoms with E-state index >= 15 is 0 Å². The number of nitrogens with zero attached hydrogens (tertiary/aromatic N) is 1. The second-order valence-corrected chi connectivity index (χ2v) is 8.71. The van der Waals surface area contributed by atoms with Gasteiger partial charge in [-0.15, -0.1) is 0 Å². The van der Waals surface area contributed by atoms with E-state index in [-0.39, 0.29) is 12.5 Å². The standard InChI is InChI=1S/C23H31N5O5/c1-13(2)20(22(31)28-9-5-8-18(28)23(32)33)27-19(29)12-26-21(30)16(24)10-14-11-25-17-7-4-3-6-15(14)17/h3-4,6-7,11,13,16,18,20,25H,5,8-10,12,24H2,1-2H3,(H,26,30)(H,27,29)(H,32,33). The molecule has 1 saturated heterocycles. The van der Waals surface area contributed by atoms with Crippen molar-refractivity contribution in [3.05, 3.63) is 36.0 Å². The number of carbonyl (C=O) groups excluding carboxylic acids is 3. The molecule has 2 heterocycles. The van der Waals surface area contributed by atoms with Crippen LogP contribution in [0.15, 0.2) is 30.5 Å². The Balaban J connectivity index is 1.53. The van der Waals surface area contributed by atoms with Gasteiger partial charge in [0, 0.05) is 23.6 Å². The summed E-state index contributed by atoms with van der Waals surface area (Å²) in [6.45, 7) is 3.54. The lowest BCUT2D eigenvalue weighted by Crippen LogP contribution is -2.55. The largest absolute Gasteiger partial charge is 0.480 e. The average Bonchev–Trinajstić information content (AvgIpc) is 3.43. The van der Waals surface area contributed by atoms with Crippen LogP contribution in [0, 0.1) is 5.92 Å². The number of H-pyrrole nitrogens is 1. The smallest absolute Gasteiger partial charge is 0.326 e. The zero-order valence-electron chi connectivity index (χ0n) is 18.8. The second-order valence-electron chi connectivity index (χ2n) is 8.71. The number of carbonyl (C=O) groups is 4. The van der Waals surface area contributed by atoms with Crippen molar-refractivity contribution in [3.8, 4) is 0 Å². The first kappa shape index (κ1) is 24.2. The molecule has 10 heteroatoms. The second kappa shape index (κ2) is 10.5. The number of nitrogens with two attached hydrogens (primary N) is 1. The van der Waals surface area contributed by atoms with E-state index in [1.54, 1.807) is 13.8 Å². The molecule has 1 aromatic heterocycles. The molecular formula is C23H31N5O5. The number of hydrogen-bond acceptors (Lipinski definition) is 5. The van der Waals surface area contributed by atoms with Gasteiger partial charge in [0.2, 0.25) is 17.7 Å². The van der Waals surface area contributed by atoms with Gasteiger partial charge in [-0.1, -0.05) is 32.0 Å². The maximum absolute atomic E-state index is 12.9. The van der Waals surface area contributed by atoms with Crippen LogP contribution in [0.4, 0.5) is 0 Å². The summed E-state index contributed by atoms with van der Waals surface area (Å²) in [5, 5.41) is 15.5. The fraction of sp³-hybridized carbons (Fsp3) is 0.478. The highest BCUT2D eigenvalue weighted by atomic mass is 16.4. The van der Waals surface area contributed by atoms with Crippen molar-refractivity contribution < 1.29 is 24.3 Å². The molecule has 3 amide bonds. The molecule has 1 aliphatic rings. The number of aromatic nitrogens is 1. The summed E-state index contributed by atoms with van der Waals surface area (Å²) in [5.74, 6) is -2.75. The SMILES string of the molecule is CC(C)C(NC(=O)CNC(=O)C(N)Cc1c[nH]c2ccccc12)C(=O)N1CCCC1C(=O)O. The molecule has 0 bridgehead atoms. The molecule has 0 saturated carbocycles. The number of carboxylic acid groups (broad SMARTS) is 1. The molecule has 33 heavy (non-hydrogen) atoms. The monoisotopic (exact) mass is 457 g/mol. The molecule has 0 spiro atoms. The molecule has 6 N–H and O–H groups in total. The number of likely N-dealkylation sites (tertiary alicyclic amines) is 1. The number of benzene rings is 1. The highest BCUT2D eigenvalue weighted by Crippen LogP contribution is 2.21. The third-order valence-corrected chi connectivity index (χ3v) is 5.94. The molecule has 3 rings (SSSR count). The van der Waals surface area contributed by atoms with E-state index in [1.807, 2.05) is 30.5 Å². The summed E-state index contributed by atoms with van der Waals surface area (Å²) in [4.78, 5) is 53.6. The van der Waals surface area contributed by atoms with E-state index in [9.17, 15) is 24.3 Å². The number of carboxylic acids is 1. The molecule has 0 aliphatic carbocycles. The van der Waals surface area contributed by atoms with Crippen LogP contribution in [-0.2, 0) is 25.6 Å². The summed E-state index contributed by atoms with van der Waals surface area (Å²) < 4.78 is 0. The number of nitrogens with one attached hydrogen (secondary N) is 3. The fourth-order valence-electron chi connectivity index (χ4n) is 4.13. The van der Waals surface area contributed by atoms with E-state index in [2.05, 4.69) is 15.6 Å². The molecule has 3 atom stereocenters. The van der Waals surface area contributed by atoms with Gasteiger partial charge in [-0.05, 0) is 36.8 Å². The van der Waals surface area contributed by atoms with Gasteiger partial charge in [-0.3, -0.25) is 14.4 Å².